The molecule has 3 rings (SSSR count). The van der Waals surface area contributed by atoms with Gasteiger partial charge in [-0.1, -0.05) is 48.0 Å². The third-order valence-electron chi connectivity index (χ3n) is 4.57. The molecule has 3 aromatic rings. The van der Waals surface area contributed by atoms with Crippen LogP contribution in [0.15, 0.2) is 54.7 Å². The lowest BCUT2D eigenvalue weighted by atomic mass is 9.90. The second-order valence-electron chi connectivity index (χ2n) is 6.53. The summed E-state index contributed by atoms with van der Waals surface area (Å²) in [6.45, 7) is 3.42. The van der Waals surface area contributed by atoms with Gasteiger partial charge in [0.15, 0.2) is 0 Å². The molecule has 0 aliphatic heterocycles. The van der Waals surface area contributed by atoms with E-state index in [1.165, 1.54) is 6.92 Å². The summed E-state index contributed by atoms with van der Waals surface area (Å²) in [7, 11) is 0. The van der Waals surface area contributed by atoms with Crippen LogP contribution in [0.4, 0.5) is 0 Å². The second-order valence-corrected chi connectivity index (χ2v) is 6.94. The van der Waals surface area contributed by atoms with Crippen LogP contribution in [0.5, 0.6) is 0 Å². The number of aromatic nitrogens is 1. The zero-order chi connectivity index (χ0) is 19.4. The normalized spacial score (nSPS) is 13.1. The number of halogens is 1. The molecule has 27 heavy (non-hydrogen) atoms. The lowest BCUT2D eigenvalue weighted by molar-refractivity contribution is -0.127. The molecular formula is C21H22ClN3O2. The van der Waals surface area contributed by atoms with Gasteiger partial charge < -0.3 is 15.6 Å². The molecule has 0 bridgehead atoms. The third-order valence-corrected chi connectivity index (χ3v) is 4.91. The molecule has 0 aliphatic carbocycles. The van der Waals surface area contributed by atoms with Crippen LogP contribution >= 0.6 is 11.6 Å². The van der Waals surface area contributed by atoms with E-state index in [-0.39, 0.29) is 17.7 Å². The SMILES string of the molecule is CC(=O)NC(C)C(=O)NCC(c1ccccc1Cl)c1c[nH]c2ccccc12. The molecular weight excluding hydrogens is 362 g/mol. The van der Waals surface area contributed by atoms with E-state index in [0.717, 1.165) is 22.0 Å². The summed E-state index contributed by atoms with van der Waals surface area (Å²) in [6, 6.07) is 15.1. The Hall–Kier alpha value is -2.79. The van der Waals surface area contributed by atoms with Crippen molar-refractivity contribution in [2.45, 2.75) is 25.8 Å². The Morgan fingerprint density at radius 3 is 2.52 bits per heavy atom. The Kier molecular flexibility index (Phi) is 5.81. The summed E-state index contributed by atoms with van der Waals surface area (Å²) in [4.78, 5) is 26.8. The number of aromatic amines is 1. The summed E-state index contributed by atoms with van der Waals surface area (Å²) in [5, 5.41) is 7.28. The number of fused-ring (bicyclic) bond motifs is 1. The maximum Gasteiger partial charge on any atom is 0.242 e. The Bertz CT molecular complexity index is 967. The van der Waals surface area contributed by atoms with Crippen LogP contribution in [-0.4, -0.2) is 29.4 Å². The number of H-pyrrole nitrogens is 1. The van der Waals surface area contributed by atoms with Gasteiger partial charge in [-0.3, -0.25) is 9.59 Å². The maximum atomic E-state index is 12.4. The van der Waals surface area contributed by atoms with E-state index in [1.807, 2.05) is 54.7 Å². The number of hydrogen-bond acceptors (Lipinski definition) is 2. The van der Waals surface area contributed by atoms with Crippen molar-refractivity contribution in [3.05, 3.63) is 70.9 Å². The van der Waals surface area contributed by atoms with Gasteiger partial charge in [0, 0.05) is 41.5 Å². The van der Waals surface area contributed by atoms with E-state index >= 15 is 0 Å². The molecule has 2 unspecified atom stereocenters. The van der Waals surface area contributed by atoms with Crippen LogP contribution in [0.1, 0.15) is 30.9 Å². The zero-order valence-electron chi connectivity index (χ0n) is 15.3. The number of para-hydroxylation sites is 1. The molecule has 0 radical (unpaired) electrons. The average Bonchev–Trinajstić information content (AvgIpc) is 3.06. The van der Waals surface area contributed by atoms with Gasteiger partial charge in [0.1, 0.15) is 6.04 Å². The van der Waals surface area contributed by atoms with Crippen molar-refractivity contribution in [3.8, 4) is 0 Å². The minimum atomic E-state index is -0.600. The minimum absolute atomic E-state index is 0.122. The van der Waals surface area contributed by atoms with Gasteiger partial charge in [-0.2, -0.15) is 0 Å². The molecule has 0 saturated heterocycles. The van der Waals surface area contributed by atoms with E-state index in [2.05, 4.69) is 15.6 Å². The summed E-state index contributed by atoms with van der Waals surface area (Å²) >= 11 is 6.45. The molecule has 2 amide bonds. The number of amides is 2. The summed E-state index contributed by atoms with van der Waals surface area (Å²) in [6.07, 6.45) is 1.96. The average molecular weight is 384 g/mol. The van der Waals surface area contributed by atoms with Crippen molar-refractivity contribution in [1.29, 1.82) is 0 Å². The van der Waals surface area contributed by atoms with Crippen molar-refractivity contribution in [3.63, 3.8) is 0 Å². The fourth-order valence-corrected chi connectivity index (χ4v) is 3.52. The fraction of sp³-hybridized carbons (Fsp3) is 0.238. The lowest BCUT2D eigenvalue weighted by Gasteiger charge is -2.21. The first-order valence-corrected chi connectivity index (χ1v) is 9.20. The summed E-state index contributed by atoms with van der Waals surface area (Å²) < 4.78 is 0. The Morgan fingerprint density at radius 2 is 1.78 bits per heavy atom. The van der Waals surface area contributed by atoms with E-state index in [1.54, 1.807) is 6.92 Å². The van der Waals surface area contributed by atoms with Gasteiger partial charge in [0.2, 0.25) is 11.8 Å². The molecule has 0 saturated carbocycles. The summed E-state index contributed by atoms with van der Waals surface area (Å²) in [5.74, 6) is -0.595. The molecule has 0 spiro atoms. The van der Waals surface area contributed by atoms with E-state index in [9.17, 15) is 9.59 Å². The quantitative estimate of drug-likeness (QED) is 0.608. The number of hydrogen-bond donors (Lipinski definition) is 3. The third kappa shape index (κ3) is 4.31. The molecule has 2 atom stereocenters. The second kappa shape index (κ2) is 8.27. The Labute approximate surface area is 163 Å². The topological polar surface area (TPSA) is 74.0 Å². The summed E-state index contributed by atoms with van der Waals surface area (Å²) in [5.41, 5.74) is 3.03. The van der Waals surface area contributed by atoms with E-state index in [4.69, 9.17) is 11.6 Å². The van der Waals surface area contributed by atoms with Crippen molar-refractivity contribution < 1.29 is 9.59 Å². The first kappa shape index (κ1) is 19.0. The largest absolute Gasteiger partial charge is 0.361 e. The number of nitrogens with one attached hydrogen (secondary N) is 3. The molecule has 6 heteroatoms. The zero-order valence-corrected chi connectivity index (χ0v) is 16.0. The van der Waals surface area contributed by atoms with Crippen LogP contribution in [0, 0.1) is 0 Å². The van der Waals surface area contributed by atoms with Crippen LogP contribution in [0.3, 0.4) is 0 Å². The van der Waals surface area contributed by atoms with E-state index in [0.29, 0.717) is 11.6 Å². The molecule has 0 fully saturated rings. The molecule has 140 valence electrons. The molecule has 3 N–H and O–H groups in total. The van der Waals surface area contributed by atoms with Gasteiger partial charge in [0.05, 0.1) is 0 Å². The number of carbonyl (C=O) groups excluding carboxylic acids is 2. The van der Waals surface area contributed by atoms with Crippen molar-refractivity contribution in [1.82, 2.24) is 15.6 Å². The number of carbonyl (C=O) groups is 2. The van der Waals surface area contributed by atoms with Crippen molar-refractivity contribution in [2.75, 3.05) is 6.54 Å². The van der Waals surface area contributed by atoms with Crippen LogP contribution in [-0.2, 0) is 9.59 Å². The van der Waals surface area contributed by atoms with Crippen molar-refractivity contribution >= 4 is 34.3 Å². The van der Waals surface area contributed by atoms with Crippen LogP contribution in [0.25, 0.3) is 10.9 Å². The number of benzene rings is 2. The van der Waals surface area contributed by atoms with Gasteiger partial charge in [0.25, 0.3) is 0 Å². The molecule has 1 aromatic heterocycles. The maximum absolute atomic E-state index is 12.4. The highest BCUT2D eigenvalue weighted by molar-refractivity contribution is 6.31. The lowest BCUT2D eigenvalue weighted by Crippen LogP contribution is -2.45. The van der Waals surface area contributed by atoms with Crippen LogP contribution < -0.4 is 10.6 Å². The Balaban J connectivity index is 1.91. The number of rotatable bonds is 6. The molecule has 0 aliphatic rings. The first-order valence-electron chi connectivity index (χ1n) is 8.82. The highest BCUT2D eigenvalue weighted by Gasteiger charge is 2.22. The molecule has 2 aromatic carbocycles. The minimum Gasteiger partial charge on any atom is -0.361 e. The van der Waals surface area contributed by atoms with E-state index < -0.39 is 6.04 Å². The van der Waals surface area contributed by atoms with Gasteiger partial charge >= 0.3 is 0 Å². The fourth-order valence-electron chi connectivity index (χ4n) is 3.25. The predicted molar refractivity (Wildman–Crippen MR) is 108 cm³/mol. The Morgan fingerprint density at radius 1 is 1.07 bits per heavy atom. The molecule has 5 nitrogen and oxygen atoms in total. The molecule has 1 heterocycles. The smallest absolute Gasteiger partial charge is 0.242 e. The monoisotopic (exact) mass is 383 g/mol. The first-order chi connectivity index (χ1) is 13.0. The van der Waals surface area contributed by atoms with Gasteiger partial charge in [-0.05, 0) is 30.2 Å². The predicted octanol–water partition coefficient (Wildman–Crippen LogP) is 3.59. The van der Waals surface area contributed by atoms with Crippen molar-refractivity contribution in [2.24, 2.45) is 0 Å². The van der Waals surface area contributed by atoms with Gasteiger partial charge in [-0.25, -0.2) is 0 Å². The van der Waals surface area contributed by atoms with Crippen LogP contribution in [0.2, 0.25) is 5.02 Å². The standard InChI is InChI=1S/C21H22ClN3O2/c1-13(25-14(2)26)21(27)24-12-17(15-7-3-5-9-19(15)22)18-11-23-20-10-6-4-8-16(18)20/h3-11,13,17,23H,12H2,1-2H3,(H,24,27)(H,25,26). The van der Waals surface area contributed by atoms with Gasteiger partial charge in [-0.15, -0.1) is 0 Å². The highest BCUT2D eigenvalue weighted by atomic mass is 35.5. The highest BCUT2D eigenvalue weighted by Crippen LogP contribution is 2.34.